The van der Waals surface area contributed by atoms with Gasteiger partial charge in [-0.2, -0.15) is 5.26 Å². The highest BCUT2D eigenvalue weighted by atomic mass is 79.9. The Bertz CT molecular complexity index is 1090. The maximum atomic E-state index is 12.3. The molecule has 0 aliphatic rings. The van der Waals surface area contributed by atoms with Crippen LogP contribution in [0.2, 0.25) is 0 Å². The summed E-state index contributed by atoms with van der Waals surface area (Å²) < 4.78 is 11.2. The summed E-state index contributed by atoms with van der Waals surface area (Å²) in [5.74, 6) is 0.0856. The Balaban J connectivity index is 0.000000323. The largest absolute Gasteiger partial charge is 0.443 e. The highest BCUT2D eigenvalue weighted by molar-refractivity contribution is 9.13. The van der Waals surface area contributed by atoms with E-state index in [0.29, 0.717) is 28.4 Å². The fraction of sp³-hybridized carbons (Fsp3) is 0.316. The molecule has 2 heterocycles. The molecule has 1 atom stereocenters. The number of ether oxygens (including phenoxy) is 1. The highest BCUT2D eigenvalue weighted by Crippen LogP contribution is 2.36. The number of nitrogens with zero attached hydrogens (tertiary/aromatic N) is 3. The molecule has 1 unspecified atom stereocenters. The SMILES string of the molecule is C=C(Cl)COC(=O)n1c(Br)cc(Br)c1Br.CC(C)C(C)C(=O)n1c(Br)c(Br)c(C#N)c1Br. The summed E-state index contributed by atoms with van der Waals surface area (Å²) in [7, 11) is 0. The first-order valence-electron chi connectivity index (χ1n) is 8.68. The van der Waals surface area contributed by atoms with Crippen molar-refractivity contribution in [2.24, 2.45) is 11.8 Å². The van der Waals surface area contributed by atoms with Crippen molar-refractivity contribution in [3.8, 4) is 6.07 Å². The van der Waals surface area contributed by atoms with E-state index in [0.717, 1.165) is 4.47 Å². The van der Waals surface area contributed by atoms with Crippen LogP contribution in [0.5, 0.6) is 0 Å². The lowest BCUT2D eigenvalue weighted by Gasteiger charge is -2.16. The van der Waals surface area contributed by atoms with Gasteiger partial charge in [-0.1, -0.05) is 39.0 Å². The molecule has 13 heteroatoms. The maximum Gasteiger partial charge on any atom is 0.420 e. The second-order valence-electron chi connectivity index (χ2n) is 6.60. The summed E-state index contributed by atoms with van der Waals surface area (Å²) in [6.07, 6.45) is -0.541. The van der Waals surface area contributed by atoms with E-state index in [1.54, 1.807) is 6.07 Å². The molecule has 0 amide bonds. The van der Waals surface area contributed by atoms with Crippen LogP contribution in [-0.4, -0.2) is 27.7 Å². The number of nitriles is 1. The lowest BCUT2D eigenvalue weighted by atomic mass is 9.97. The van der Waals surface area contributed by atoms with Gasteiger partial charge in [0.1, 0.15) is 32.0 Å². The van der Waals surface area contributed by atoms with E-state index in [-0.39, 0.29) is 29.4 Å². The minimum absolute atomic E-state index is 0.0188. The monoisotopic (exact) mass is 843 g/mol. The maximum absolute atomic E-state index is 12.3. The van der Waals surface area contributed by atoms with Crippen molar-refractivity contribution < 1.29 is 14.3 Å². The van der Waals surface area contributed by atoms with Crippen molar-refractivity contribution >= 4 is 119 Å². The second-order valence-corrected chi connectivity index (χ2v) is 11.8. The third kappa shape index (κ3) is 7.30. The average Bonchev–Trinajstić information content (AvgIpc) is 3.09. The molecule has 0 saturated carbocycles. The van der Waals surface area contributed by atoms with E-state index in [2.05, 4.69) is 108 Å². The molecule has 0 aromatic carbocycles. The first-order valence-corrected chi connectivity index (χ1v) is 13.8. The fourth-order valence-electron chi connectivity index (χ4n) is 2.07. The highest BCUT2D eigenvalue weighted by Gasteiger charge is 2.27. The molecule has 2 aromatic heterocycles. The van der Waals surface area contributed by atoms with Gasteiger partial charge < -0.3 is 4.74 Å². The number of carbonyl (C=O) groups excluding carboxylic acids is 2. The van der Waals surface area contributed by atoms with Gasteiger partial charge >= 0.3 is 6.09 Å². The van der Waals surface area contributed by atoms with E-state index >= 15 is 0 Å². The van der Waals surface area contributed by atoms with E-state index < -0.39 is 6.09 Å². The van der Waals surface area contributed by atoms with Gasteiger partial charge in [-0.05, 0) is 108 Å². The molecule has 0 radical (unpaired) electrons. The summed E-state index contributed by atoms with van der Waals surface area (Å²) in [5.41, 5.74) is 0.418. The third-order valence-corrected chi connectivity index (χ3v) is 9.53. The van der Waals surface area contributed by atoms with Gasteiger partial charge in [0.2, 0.25) is 5.91 Å². The van der Waals surface area contributed by atoms with E-state index in [9.17, 15) is 9.59 Å². The minimum atomic E-state index is -0.541. The van der Waals surface area contributed by atoms with Gasteiger partial charge in [0.25, 0.3) is 0 Å². The van der Waals surface area contributed by atoms with Crippen LogP contribution in [0.4, 0.5) is 4.79 Å². The number of aromatic nitrogens is 2. The third-order valence-electron chi connectivity index (χ3n) is 4.11. The van der Waals surface area contributed by atoms with Crippen molar-refractivity contribution in [1.29, 1.82) is 5.26 Å². The van der Waals surface area contributed by atoms with Gasteiger partial charge in [0.15, 0.2) is 0 Å². The molecule has 2 aromatic rings. The zero-order valence-electron chi connectivity index (χ0n) is 16.9. The molecule has 6 nitrogen and oxygen atoms in total. The predicted molar refractivity (Wildman–Crippen MR) is 146 cm³/mol. The summed E-state index contributed by atoms with van der Waals surface area (Å²) in [6, 6.07) is 3.77. The molecule has 0 aliphatic heterocycles. The Morgan fingerprint density at radius 2 is 1.66 bits per heavy atom. The molecule has 0 fully saturated rings. The van der Waals surface area contributed by atoms with Crippen molar-refractivity contribution in [3.63, 3.8) is 0 Å². The molecule has 174 valence electrons. The van der Waals surface area contributed by atoms with Gasteiger partial charge in [-0.3, -0.25) is 9.36 Å². The predicted octanol–water partition coefficient (Wildman–Crippen LogP) is 9.09. The van der Waals surface area contributed by atoms with Crippen LogP contribution in [-0.2, 0) is 4.74 Å². The number of halogens is 7. The Hall–Kier alpha value is 0.1000. The van der Waals surface area contributed by atoms with Gasteiger partial charge in [0, 0.05) is 11.0 Å². The van der Waals surface area contributed by atoms with Crippen LogP contribution in [0, 0.1) is 23.2 Å². The first kappa shape index (κ1) is 30.1. The van der Waals surface area contributed by atoms with Crippen molar-refractivity contribution in [2.75, 3.05) is 6.61 Å². The average molecular weight is 849 g/mol. The van der Waals surface area contributed by atoms with Gasteiger partial charge in [-0.15, -0.1) is 0 Å². The molecule has 2 rings (SSSR count). The van der Waals surface area contributed by atoms with Crippen molar-refractivity contribution in [2.45, 2.75) is 20.8 Å². The Morgan fingerprint density at radius 3 is 2.03 bits per heavy atom. The van der Waals surface area contributed by atoms with Crippen LogP contribution >= 0.6 is 107 Å². The van der Waals surface area contributed by atoms with Crippen LogP contribution in [0.25, 0.3) is 0 Å². The number of hydrogen-bond acceptors (Lipinski definition) is 4. The summed E-state index contributed by atoms with van der Waals surface area (Å²) in [5, 5.41) is 9.28. The molecule has 0 saturated heterocycles. The van der Waals surface area contributed by atoms with Gasteiger partial charge in [0.05, 0.1) is 13.5 Å². The van der Waals surface area contributed by atoms with E-state index in [4.69, 9.17) is 21.6 Å². The fourth-order valence-corrected chi connectivity index (χ4v) is 6.21. The quantitative estimate of drug-likeness (QED) is 0.308. The van der Waals surface area contributed by atoms with E-state index in [1.165, 1.54) is 9.13 Å². The molecule has 32 heavy (non-hydrogen) atoms. The van der Waals surface area contributed by atoms with Crippen molar-refractivity contribution in [3.05, 3.63) is 50.6 Å². The molecule has 0 N–H and O–H groups in total. The number of carbonyl (C=O) groups is 2. The second kappa shape index (κ2) is 13.3. The Kier molecular flexibility index (Phi) is 12.5. The summed E-state index contributed by atoms with van der Waals surface area (Å²) in [4.78, 5) is 23.8. The topological polar surface area (TPSA) is 77.0 Å². The number of hydrogen-bond donors (Lipinski definition) is 0. The van der Waals surface area contributed by atoms with Crippen LogP contribution in [0.3, 0.4) is 0 Å². The summed E-state index contributed by atoms with van der Waals surface area (Å²) >= 11 is 25.1. The molecule has 0 aliphatic carbocycles. The minimum Gasteiger partial charge on any atom is -0.443 e. The Morgan fingerprint density at radius 1 is 1.09 bits per heavy atom. The van der Waals surface area contributed by atoms with Crippen LogP contribution < -0.4 is 0 Å². The smallest absolute Gasteiger partial charge is 0.420 e. The van der Waals surface area contributed by atoms with E-state index in [1.807, 2.05) is 20.8 Å². The normalized spacial score (nSPS) is 11.4. The van der Waals surface area contributed by atoms with Crippen molar-refractivity contribution in [1.82, 2.24) is 9.13 Å². The van der Waals surface area contributed by atoms with Crippen LogP contribution in [0.15, 0.2) is 45.0 Å². The molecular weight excluding hydrogens is 833 g/mol. The molecule has 0 spiro atoms. The lowest BCUT2D eigenvalue weighted by molar-refractivity contribution is 0.0807. The van der Waals surface area contributed by atoms with Crippen LogP contribution in [0.1, 0.15) is 31.1 Å². The van der Waals surface area contributed by atoms with Gasteiger partial charge in [-0.25, -0.2) is 9.36 Å². The number of rotatable bonds is 4. The molecular formula is C19H16Br6ClN3O3. The lowest BCUT2D eigenvalue weighted by Crippen LogP contribution is -2.23. The first-order chi connectivity index (χ1) is 14.8. The zero-order valence-corrected chi connectivity index (χ0v) is 27.1. The zero-order chi connectivity index (χ0) is 24.9. The summed E-state index contributed by atoms with van der Waals surface area (Å²) in [6.45, 7) is 9.27. The Labute approximate surface area is 241 Å². The molecule has 0 bridgehead atoms. The standard InChI is InChI=1S/C11H11Br3N2O.C8H5Br3ClNO2/c1-5(2)6(3)11(17)16-9(13)7(4-15)8(12)10(16)14;1-4(12)3-15-8(14)13-6(10)2-5(9)7(13)11/h5-6H,1-3H3;2H,1,3H2.